The zero-order chi connectivity index (χ0) is 18.6. The van der Waals surface area contributed by atoms with Gasteiger partial charge in [-0.2, -0.15) is 0 Å². The second-order valence-corrected chi connectivity index (χ2v) is 7.73. The Hall–Kier alpha value is -2.68. The van der Waals surface area contributed by atoms with E-state index in [0.717, 1.165) is 9.79 Å². The van der Waals surface area contributed by atoms with Crippen molar-refractivity contribution in [2.75, 3.05) is 5.73 Å². The van der Waals surface area contributed by atoms with Crippen LogP contribution in [-0.4, -0.2) is 0 Å². The number of nitrogens with two attached hydrogens (primary N) is 1. The summed E-state index contributed by atoms with van der Waals surface area (Å²) in [5, 5.41) is 0.673. The fourth-order valence-electron chi connectivity index (χ4n) is 3.00. The average molecular weight is 388 g/mol. The molecule has 3 heteroatoms. The van der Waals surface area contributed by atoms with Gasteiger partial charge in [-0.1, -0.05) is 90.1 Å². The van der Waals surface area contributed by atoms with Gasteiger partial charge in [0, 0.05) is 10.6 Å². The first-order chi connectivity index (χ1) is 13.2. The highest BCUT2D eigenvalue weighted by atomic mass is 35.5. The Morgan fingerprint density at radius 3 is 1.67 bits per heavy atom. The fourth-order valence-corrected chi connectivity index (χ4v) is 4.26. The molecule has 0 aliphatic carbocycles. The Morgan fingerprint density at radius 1 is 0.593 bits per heavy atom. The summed E-state index contributed by atoms with van der Waals surface area (Å²) in [6.45, 7) is 0. The summed E-state index contributed by atoms with van der Waals surface area (Å²) >= 11 is 7.99. The van der Waals surface area contributed by atoms with Crippen molar-refractivity contribution in [1.29, 1.82) is 0 Å². The van der Waals surface area contributed by atoms with Gasteiger partial charge in [-0.3, -0.25) is 0 Å². The first kappa shape index (κ1) is 17.7. The van der Waals surface area contributed by atoms with Crippen molar-refractivity contribution >= 4 is 29.1 Å². The smallest absolute Gasteiger partial charge is 0.0566 e. The molecule has 4 rings (SSSR count). The molecule has 0 bridgehead atoms. The molecule has 0 atom stereocenters. The van der Waals surface area contributed by atoms with E-state index in [2.05, 4.69) is 66.7 Å². The predicted octanol–water partition coefficient (Wildman–Crippen LogP) is 7.41. The number of anilines is 1. The molecule has 4 aromatic rings. The molecule has 0 spiro atoms. The van der Waals surface area contributed by atoms with Crippen molar-refractivity contribution in [3.63, 3.8) is 0 Å². The van der Waals surface area contributed by atoms with Crippen LogP contribution in [0.15, 0.2) is 107 Å². The molecule has 0 saturated heterocycles. The lowest BCUT2D eigenvalue weighted by molar-refractivity contribution is 1.40. The zero-order valence-corrected chi connectivity index (χ0v) is 16.2. The van der Waals surface area contributed by atoms with E-state index < -0.39 is 0 Å². The largest absolute Gasteiger partial charge is 0.398 e. The molecule has 0 unspecified atom stereocenters. The van der Waals surface area contributed by atoms with Gasteiger partial charge in [0.25, 0.3) is 0 Å². The lowest BCUT2D eigenvalue weighted by Crippen LogP contribution is -1.89. The summed E-state index contributed by atoms with van der Waals surface area (Å²) < 4.78 is 0. The summed E-state index contributed by atoms with van der Waals surface area (Å²) in [6, 6.07) is 33.0. The van der Waals surface area contributed by atoms with E-state index in [0.29, 0.717) is 10.7 Å². The molecule has 132 valence electrons. The normalized spacial score (nSPS) is 10.7. The standard InChI is InChI=1S/C24H18ClNS/c25-22-12-7-13-23(26)24(22)27-21-15-19(17-8-3-1-4-9-17)14-20(16-21)18-10-5-2-6-11-18/h1-16H,26H2. The number of benzene rings is 4. The molecule has 0 saturated carbocycles. The van der Waals surface area contributed by atoms with Gasteiger partial charge in [0.05, 0.1) is 9.92 Å². The topological polar surface area (TPSA) is 26.0 Å². The van der Waals surface area contributed by atoms with Gasteiger partial charge >= 0.3 is 0 Å². The highest BCUT2D eigenvalue weighted by molar-refractivity contribution is 7.99. The molecule has 0 heterocycles. The highest BCUT2D eigenvalue weighted by Crippen LogP contribution is 2.40. The minimum Gasteiger partial charge on any atom is -0.398 e. The number of rotatable bonds is 4. The van der Waals surface area contributed by atoms with E-state index in [1.165, 1.54) is 22.3 Å². The van der Waals surface area contributed by atoms with Crippen LogP contribution in [0.4, 0.5) is 5.69 Å². The first-order valence-corrected chi connectivity index (χ1v) is 9.88. The first-order valence-electron chi connectivity index (χ1n) is 8.68. The molecule has 2 N–H and O–H groups in total. The van der Waals surface area contributed by atoms with E-state index in [1.54, 1.807) is 11.8 Å². The molecular formula is C24H18ClNS. The van der Waals surface area contributed by atoms with E-state index in [9.17, 15) is 0 Å². The SMILES string of the molecule is Nc1cccc(Cl)c1Sc1cc(-c2ccccc2)cc(-c2ccccc2)c1. The molecule has 0 aliphatic heterocycles. The minimum absolute atomic E-state index is 0.673. The molecule has 0 radical (unpaired) electrons. The van der Waals surface area contributed by atoms with Crippen LogP contribution in [-0.2, 0) is 0 Å². The van der Waals surface area contributed by atoms with Crippen LogP contribution in [0.5, 0.6) is 0 Å². The van der Waals surface area contributed by atoms with Gasteiger partial charge in [-0.15, -0.1) is 0 Å². The maximum absolute atomic E-state index is 6.39. The van der Waals surface area contributed by atoms with Gasteiger partial charge < -0.3 is 5.73 Å². The molecule has 0 aromatic heterocycles. The third-order valence-corrected chi connectivity index (χ3v) is 5.90. The van der Waals surface area contributed by atoms with Crippen LogP contribution in [0, 0.1) is 0 Å². The lowest BCUT2D eigenvalue weighted by Gasteiger charge is -2.12. The van der Waals surface area contributed by atoms with Crippen LogP contribution in [0.1, 0.15) is 0 Å². The Kier molecular flexibility index (Phi) is 5.19. The summed E-state index contributed by atoms with van der Waals surface area (Å²) in [5.41, 5.74) is 11.6. The fraction of sp³-hybridized carbons (Fsp3) is 0. The minimum atomic E-state index is 0.673. The molecule has 0 fully saturated rings. The van der Waals surface area contributed by atoms with E-state index in [-0.39, 0.29) is 0 Å². The predicted molar refractivity (Wildman–Crippen MR) is 117 cm³/mol. The maximum Gasteiger partial charge on any atom is 0.0566 e. The molecule has 0 amide bonds. The molecular weight excluding hydrogens is 370 g/mol. The lowest BCUT2D eigenvalue weighted by atomic mass is 9.99. The second-order valence-electron chi connectivity index (χ2n) is 6.24. The van der Waals surface area contributed by atoms with Crippen molar-refractivity contribution < 1.29 is 0 Å². The van der Waals surface area contributed by atoms with Gasteiger partial charge in [0.15, 0.2) is 0 Å². The van der Waals surface area contributed by atoms with Crippen LogP contribution in [0.25, 0.3) is 22.3 Å². The van der Waals surface area contributed by atoms with Crippen LogP contribution in [0.2, 0.25) is 5.02 Å². The van der Waals surface area contributed by atoms with Crippen molar-refractivity contribution in [2.45, 2.75) is 9.79 Å². The van der Waals surface area contributed by atoms with Gasteiger partial charge in [-0.25, -0.2) is 0 Å². The summed E-state index contributed by atoms with van der Waals surface area (Å²) in [4.78, 5) is 2.00. The molecule has 0 aliphatic rings. The number of nitrogen functional groups attached to an aromatic ring is 1. The molecule has 1 nitrogen and oxygen atoms in total. The number of halogens is 1. The average Bonchev–Trinajstić information content (AvgIpc) is 2.72. The van der Waals surface area contributed by atoms with Gasteiger partial charge in [0.1, 0.15) is 0 Å². The summed E-state index contributed by atoms with van der Waals surface area (Å²) in [6.07, 6.45) is 0. The zero-order valence-electron chi connectivity index (χ0n) is 14.6. The Morgan fingerprint density at radius 2 is 1.15 bits per heavy atom. The van der Waals surface area contributed by atoms with Crippen LogP contribution in [0.3, 0.4) is 0 Å². The second kappa shape index (κ2) is 7.91. The van der Waals surface area contributed by atoms with Crippen molar-refractivity contribution in [3.8, 4) is 22.3 Å². The van der Waals surface area contributed by atoms with Crippen molar-refractivity contribution in [1.82, 2.24) is 0 Å². The van der Waals surface area contributed by atoms with Gasteiger partial charge in [-0.05, 0) is 52.6 Å². The third-order valence-electron chi connectivity index (χ3n) is 4.34. The van der Waals surface area contributed by atoms with Crippen molar-refractivity contribution in [3.05, 3.63) is 102 Å². The number of hydrogen-bond acceptors (Lipinski definition) is 2. The van der Waals surface area contributed by atoms with E-state index >= 15 is 0 Å². The monoisotopic (exact) mass is 387 g/mol. The van der Waals surface area contributed by atoms with Crippen LogP contribution < -0.4 is 5.73 Å². The molecule has 4 aromatic carbocycles. The van der Waals surface area contributed by atoms with E-state index in [4.69, 9.17) is 17.3 Å². The highest BCUT2D eigenvalue weighted by Gasteiger charge is 2.10. The Bertz CT molecular complexity index is 984. The molecule has 27 heavy (non-hydrogen) atoms. The summed E-state index contributed by atoms with van der Waals surface area (Å²) in [5.74, 6) is 0. The number of hydrogen-bond donors (Lipinski definition) is 1. The van der Waals surface area contributed by atoms with Crippen LogP contribution >= 0.6 is 23.4 Å². The van der Waals surface area contributed by atoms with Gasteiger partial charge in [0.2, 0.25) is 0 Å². The van der Waals surface area contributed by atoms with E-state index in [1.807, 2.05) is 30.3 Å². The van der Waals surface area contributed by atoms with Crippen molar-refractivity contribution in [2.24, 2.45) is 0 Å². The Labute approximate surface area is 168 Å². The summed E-state index contributed by atoms with van der Waals surface area (Å²) in [7, 11) is 0. The Balaban J connectivity index is 1.83. The quantitative estimate of drug-likeness (QED) is 0.369. The third kappa shape index (κ3) is 4.02. The maximum atomic E-state index is 6.39.